The molecule has 1 aliphatic carbocycles. The van der Waals surface area contributed by atoms with Gasteiger partial charge in [-0.25, -0.2) is 0 Å². The van der Waals surface area contributed by atoms with Crippen molar-refractivity contribution in [1.29, 1.82) is 0 Å². The van der Waals surface area contributed by atoms with Gasteiger partial charge >= 0.3 is 6.18 Å². The predicted octanol–water partition coefficient (Wildman–Crippen LogP) is 2.56. The molecule has 20 heavy (non-hydrogen) atoms. The molecule has 2 rings (SSSR count). The summed E-state index contributed by atoms with van der Waals surface area (Å²) < 4.78 is 45.3. The Bertz CT molecular complexity index is 422. The van der Waals surface area contributed by atoms with E-state index in [2.05, 4.69) is 14.9 Å². The highest BCUT2D eigenvalue weighted by atomic mass is 19.4. The number of rotatable bonds is 4. The molecule has 114 valence electrons. The van der Waals surface area contributed by atoms with Crippen LogP contribution in [0, 0.1) is 0 Å². The monoisotopic (exact) mass is 294 g/mol. The van der Waals surface area contributed by atoms with Crippen LogP contribution in [0.3, 0.4) is 0 Å². The topological polar surface area (TPSA) is 68.4 Å². The smallest absolute Gasteiger partial charge is 0.392 e. The first-order valence-corrected chi connectivity index (χ1v) is 6.61. The number of hydrogen-bond donors (Lipinski definition) is 1. The van der Waals surface area contributed by atoms with E-state index >= 15 is 0 Å². The average molecular weight is 294 g/mol. The Kier molecular flexibility index (Phi) is 4.98. The molecule has 1 saturated carbocycles. The van der Waals surface area contributed by atoms with Crippen LogP contribution in [0.2, 0.25) is 0 Å². The van der Waals surface area contributed by atoms with Crippen molar-refractivity contribution < 1.29 is 27.5 Å². The Balaban J connectivity index is 1.90. The Morgan fingerprint density at radius 2 is 2.00 bits per heavy atom. The summed E-state index contributed by atoms with van der Waals surface area (Å²) in [6, 6.07) is 0. The summed E-state index contributed by atoms with van der Waals surface area (Å²) in [5.41, 5.74) is 0. The molecule has 5 nitrogen and oxygen atoms in total. The van der Waals surface area contributed by atoms with Crippen LogP contribution >= 0.6 is 0 Å². The SMILES string of the molecule is OC1CCCCCC1c1nc(COCC(F)(F)F)no1. The highest BCUT2D eigenvalue weighted by Crippen LogP contribution is 2.31. The average Bonchev–Trinajstić information content (AvgIpc) is 2.70. The molecule has 0 aromatic carbocycles. The third kappa shape index (κ3) is 4.45. The summed E-state index contributed by atoms with van der Waals surface area (Å²) in [7, 11) is 0. The van der Waals surface area contributed by atoms with Gasteiger partial charge in [0.05, 0.1) is 12.0 Å². The maximum atomic E-state index is 11.9. The standard InChI is InChI=1S/C12H17F3N2O3/c13-12(14,15)7-19-6-10-16-11(20-17-10)8-4-2-1-3-5-9(8)18/h8-9,18H,1-7H2. The third-order valence-corrected chi connectivity index (χ3v) is 3.28. The number of aliphatic hydroxyl groups excluding tert-OH is 1. The van der Waals surface area contributed by atoms with Crippen molar-refractivity contribution in [3.05, 3.63) is 11.7 Å². The van der Waals surface area contributed by atoms with Crippen molar-refractivity contribution in [3.8, 4) is 0 Å². The first-order valence-electron chi connectivity index (χ1n) is 6.61. The molecule has 8 heteroatoms. The number of halogens is 3. The molecule has 0 aliphatic heterocycles. The highest BCUT2D eigenvalue weighted by molar-refractivity contribution is 4.98. The molecule has 0 spiro atoms. The van der Waals surface area contributed by atoms with E-state index in [-0.39, 0.29) is 24.2 Å². The summed E-state index contributed by atoms with van der Waals surface area (Å²) in [4.78, 5) is 4.02. The van der Waals surface area contributed by atoms with Crippen molar-refractivity contribution in [2.24, 2.45) is 0 Å². The van der Waals surface area contributed by atoms with Gasteiger partial charge < -0.3 is 14.4 Å². The molecule has 1 N–H and O–H groups in total. The maximum absolute atomic E-state index is 11.9. The van der Waals surface area contributed by atoms with E-state index in [4.69, 9.17) is 4.52 Å². The summed E-state index contributed by atoms with van der Waals surface area (Å²) in [6.45, 7) is -1.70. The van der Waals surface area contributed by atoms with E-state index in [0.717, 1.165) is 25.7 Å². The fourth-order valence-corrected chi connectivity index (χ4v) is 2.31. The summed E-state index contributed by atoms with van der Waals surface area (Å²) in [5.74, 6) is 0.118. The van der Waals surface area contributed by atoms with Crippen LogP contribution in [0.25, 0.3) is 0 Å². The zero-order valence-corrected chi connectivity index (χ0v) is 10.9. The Morgan fingerprint density at radius 3 is 2.75 bits per heavy atom. The fourth-order valence-electron chi connectivity index (χ4n) is 2.31. The number of aliphatic hydroxyl groups is 1. The molecular weight excluding hydrogens is 277 g/mol. The van der Waals surface area contributed by atoms with E-state index < -0.39 is 18.9 Å². The lowest BCUT2D eigenvalue weighted by molar-refractivity contribution is -0.177. The summed E-state index contributed by atoms with van der Waals surface area (Å²) >= 11 is 0. The van der Waals surface area contributed by atoms with E-state index in [1.165, 1.54) is 0 Å². The van der Waals surface area contributed by atoms with Crippen LogP contribution in [0.15, 0.2) is 4.52 Å². The first kappa shape index (κ1) is 15.2. The molecule has 0 bridgehead atoms. The number of ether oxygens (including phenoxy) is 1. The lowest BCUT2D eigenvalue weighted by Crippen LogP contribution is -2.18. The predicted molar refractivity (Wildman–Crippen MR) is 61.8 cm³/mol. The van der Waals surface area contributed by atoms with Crippen LogP contribution < -0.4 is 0 Å². The number of nitrogens with zero attached hydrogens (tertiary/aromatic N) is 2. The van der Waals surface area contributed by atoms with Crippen LogP contribution in [0.5, 0.6) is 0 Å². The second-order valence-corrected chi connectivity index (χ2v) is 4.97. The lowest BCUT2D eigenvalue weighted by atomic mass is 9.97. The van der Waals surface area contributed by atoms with Crippen molar-refractivity contribution in [3.63, 3.8) is 0 Å². The minimum atomic E-state index is -4.37. The Labute approximate surface area is 114 Å². The molecule has 2 unspecified atom stereocenters. The first-order chi connectivity index (χ1) is 9.46. The van der Waals surface area contributed by atoms with E-state index in [0.29, 0.717) is 6.42 Å². The van der Waals surface area contributed by atoms with Gasteiger partial charge in [0.25, 0.3) is 0 Å². The van der Waals surface area contributed by atoms with E-state index in [1.54, 1.807) is 0 Å². The highest BCUT2D eigenvalue weighted by Gasteiger charge is 2.29. The molecule has 1 heterocycles. The van der Waals surface area contributed by atoms with Gasteiger partial charge in [0.1, 0.15) is 13.2 Å². The maximum Gasteiger partial charge on any atom is 0.411 e. The minimum Gasteiger partial charge on any atom is -0.392 e. The largest absolute Gasteiger partial charge is 0.411 e. The van der Waals surface area contributed by atoms with Gasteiger partial charge in [0.15, 0.2) is 5.82 Å². The van der Waals surface area contributed by atoms with E-state index in [9.17, 15) is 18.3 Å². The zero-order valence-electron chi connectivity index (χ0n) is 10.9. The van der Waals surface area contributed by atoms with Crippen molar-refractivity contribution in [2.45, 2.75) is 56.9 Å². The van der Waals surface area contributed by atoms with Crippen LogP contribution in [0.4, 0.5) is 13.2 Å². The molecule has 1 aliphatic rings. The summed E-state index contributed by atoms with van der Waals surface area (Å²) in [5, 5.41) is 13.6. The van der Waals surface area contributed by atoms with Crippen LogP contribution in [-0.2, 0) is 11.3 Å². The van der Waals surface area contributed by atoms with E-state index in [1.807, 2.05) is 0 Å². The zero-order chi connectivity index (χ0) is 14.6. The number of aromatic nitrogens is 2. The quantitative estimate of drug-likeness (QED) is 0.864. The number of alkyl halides is 3. The van der Waals surface area contributed by atoms with Gasteiger partial charge in [-0.1, -0.05) is 24.4 Å². The van der Waals surface area contributed by atoms with Gasteiger partial charge in [0, 0.05) is 0 Å². The Hall–Kier alpha value is -1.15. The number of hydrogen-bond acceptors (Lipinski definition) is 5. The van der Waals surface area contributed by atoms with Crippen LogP contribution in [-0.4, -0.2) is 34.1 Å². The normalized spacial score (nSPS) is 24.6. The van der Waals surface area contributed by atoms with Crippen molar-refractivity contribution in [2.75, 3.05) is 6.61 Å². The molecule has 1 aromatic rings. The van der Waals surface area contributed by atoms with Gasteiger partial charge in [-0.05, 0) is 12.8 Å². The second-order valence-electron chi connectivity index (χ2n) is 4.97. The van der Waals surface area contributed by atoms with Crippen LogP contribution in [0.1, 0.15) is 49.7 Å². The fraction of sp³-hybridized carbons (Fsp3) is 0.833. The van der Waals surface area contributed by atoms with Gasteiger partial charge in [-0.15, -0.1) is 0 Å². The minimum absolute atomic E-state index is 0.0701. The molecule has 1 aromatic heterocycles. The molecule has 0 amide bonds. The van der Waals surface area contributed by atoms with Gasteiger partial charge in [-0.3, -0.25) is 0 Å². The van der Waals surface area contributed by atoms with Gasteiger partial charge in [-0.2, -0.15) is 18.2 Å². The molecule has 0 radical (unpaired) electrons. The van der Waals surface area contributed by atoms with Crippen molar-refractivity contribution >= 4 is 0 Å². The van der Waals surface area contributed by atoms with Crippen molar-refractivity contribution in [1.82, 2.24) is 10.1 Å². The molecular formula is C12H17F3N2O3. The third-order valence-electron chi connectivity index (χ3n) is 3.28. The Morgan fingerprint density at radius 1 is 1.25 bits per heavy atom. The van der Waals surface area contributed by atoms with Gasteiger partial charge in [0.2, 0.25) is 5.89 Å². The second kappa shape index (κ2) is 6.53. The molecule has 0 saturated heterocycles. The molecule has 2 atom stereocenters. The summed E-state index contributed by atoms with van der Waals surface area (Å²) in [6.07, 6.45) is -0.536. The molecule has 1 fully saturated rings. The lowest BCUT2D eigenvalue weighted by Gasteiger charge is -2.15.